The van der Waals surface area contributed by atoms with Crippen molar-refractivity contribution in [3.63, 3.8) is 0 Å². The predicted octanol–water partition coefficient (Wildman–Crippen LogP) is 2.94. The largest absolute Gasteiger partial charge is 0.352 e. The Morgan fingerprint density at radius 2 is 1.71 bits per heavy atom. The molecule has 0 aliphatic rings. The van der Waals surface area contributed by atoms with Crippen molar-refractivity contribution in [2.45, 2.75) is 26.9 Å². The van der Waals surface area contributed by atoms with Crippen molar-refractivity contribution in [1.82, 2.24) is 35.2 Å². The van der Waals surface area contributed by atoms with Crippen LogP contribution in [0.3, 0.4) is 0 Å². The van der Waals surface area contributed by atoms with Gasteiger partial charge in [-0.05, 0) is 43.7 Å². The van der Waals surface area contributed by atoms with Gasteiger partial charge in [-0.25, -0.2) is 4.68 Å². The zero-order chi connectivity index (χ0) is 21.6. The minimum absolute atomic E-state index is 0.494. The number of aryl methyl sites for hydroxylation is 2. The molecular formula is C23H26N8. The van der Waals surface area contributed by atoms with Gasteiger partial charge in [0.2, 0.25) is 0 Å². The highest BCUT2D eigenvalue weighted by Crippen LogP contribution is 2.17. The molecule has 0 saturated carbocycles. The third-order valence-electron chi connectivity index (χ3n) is 4.97. The highest BCUT2D eigenvalue weighted by Gasteiger charge is 2.10. The van der Waals surface area contributed by atoms with Gasteiger partial charge in [-0.15, -0.1) is 10.2 Å². The summed E-state index contributed by atoms with van der Waals surface area (Å²) in [6, 6.07) is 20.3. The van der Waals surface area contributed by atoms with E-state index in [2.05, 4.69) is 56.0 Å². The van der Waals surface area contributed by atoms with Gasteiger partial charge in [0.1, 0.15) is 6.33 Å². The van der Waals surface area contributed by atoms with Crippen LogP contribution in [-0.4, -0.2) is 37.6 Å². The minimum Gasteiger partial charge on any atom is -0.352 e. The van der Waals surface area contributed by atoms with Gasteiger partial charge in [0.25, 0.3) is 0 Å². The summed E-state index contributed by atoms with van der Waals surface area (Å²) in [5.41, 5.74) is 5.31. The van der Waals surface area contributed by atoms with E-state index in [1.165, 1.54) is 0 Å². The van der Waals surface area contributed by atoms with Crippen molar-refractivity contribution < 1.29 is 0 Å². The number of hydrogen-bond donors (Lipinski definition) is 2. The Morgan fingerprint density at radius 3 is 2.45 bits per heavy atom. The molecule has 0 aliphatic heterocycles. The lowest BCUT2D eigenvalue weighted by atomic mass is 10.1. The molecule has 2 aromatic heterocycles. The first-order chi connectivity index (χ1) is 15.2. The maximum atomic E-state index is 4.62. The van der Waals surface area contributed by atoms with Gasteiger partial charge < -0.3 is 10.6 Å². The fourth-order valence-electron chi connectivity index (χ4n) is 3.49. The second-order valence-electron chi connectivity index (χ2n) is 7.20. The molecule has 0 amide bonds. The first-order valence-electron chi connectivity index (χ1n) is 10.2. The van der Waals surface area contributed by atoms with Gasteiger partial charge >= 0.3 is 0 Å². The van der Waals surface area contributed by atoms with Gasteiger partial charge in [-0.1, -0.05) is 36.4 Å². The summed E-state index contributed by atoms with van der Waals surface area (Å²) < 4.78 is 3.93. The molecule has 158 valence electrons. The summed E-state index contributed by atoms with van der Waals surface area (Å²) in [5, 5.41) is 19.6. The molecule has 31 heavy (non-hydrogen) atoms. The SMILES string of the molecule is CN=C(NCc1ccccc1-n1nc(C)cc1C)NCc1nncn1-c1ccccc1. The van der Waals surface area contributed by atoms with Crippen LogP contribution in [0.2, 0.25) is 0 Å². The van der Waals surface area contributed by atoms with Crippen LogP contribution in [-0.2, 0) is 13.1 Å². The van der Waals surface area contributed by atoms with Crippen LogP contribution in [0.15, 0.2) is 72.0 Å². The predicted molar refractivity (Wildman–Crippen MR) is 121 cm³/mol. The van der Waals surface area contributed by atoms with Crippen LogP contribution in [0.25, 0.3) is 11.4 Å². The van der Waals surface area contributed by atoms with Crippen LogP contribution in [0.5, 0.6) is 0 Å². The molecule has 0 atom stereocenters. The van der Waals surface area contributed by atoms with Crippen LogP contribution < -0.4 is 10.6 Å². The zero-order valence-corrected chi connectivity index (χ0v) is 17.9. The van der Waals surface area contributed by atoms with E-state index in [1.54, 1.807) is 13.4 Å². The van der Waals surface area contributed by atoms with E-state index in [4.69, 9.17) is 0 Å². The molecular weight excluding hydrogens is 388 g/mol. The van der Waals surface area contributed by atoms with Crippen LogP contribution in [0.4, 0.5) is 0 Å². The molecule has 2 N–H and O–H groups in total. The van der Waals surface area contributed by atoms with Crippen molar-refractivity contribution in [3.8, 4) is 11.4 Å². The number of hydrogen-bond acceptors (Lipinski definition) is 4. The first kappa shape index (κ1) is 20.3. The van der Waals surface area contributed by atoms with Gasteiger partial charge in [0.15, 0.2) is 11.8 Å². The molecule has 4 aromatic rings. The van der Waals surface area contributed by atoms with Crippen LogP contribution >= 0.6 is 0 Å². The number of aliphatic imine (C=N–C) groups is 1. The Balaban J connectivity index is 1.43. The Kier molecular flexibility index (Phi) is 6.07. The Hall–Kier alpha value is -3.94. The number of para-hydroxylation sites is 2. The average molecular weight is 415 g/mol. The summed E-state index contributed by atoms with van der Waals surface area (Å²) in [4.78, 5) is 4.34. The van der Waals surface area contributed by atoms with E-state index in [9.17, 15) is 0 Å². The van der Waals surface area contributed by atoms with Gasteiger partial charge in [0.05, 0.1) is 17.9 Å². The lowest BCUT2D eigenvalue weighted by molar-refractivity contribution is 0.747. The lowest BCUT2D eigenvalue weighted by Gasteiger charge is -2.15. The molecule has 0 fully saturated rings. The highest BCUT2D eigenvalue weighted by atomic mass is 15.3. The standard InChI is InChI=1S/C23H26N8/c1-17-13-18(2)31(29-17)21-12-8-7-9-19(21)14-25-23(24-3)26-15-22-28-27-16-30(22)20-10-5-4-6-11-20/h4-13,16H,14-15H2,1-3H3,(H2,24,25,26). The molecule has 0 aliphatic carbocycles. The summed E-state index contributed by atoms with van der Waals surface area (Å²) in [6.45, 7) is 5.17. The third kappa shape index (κ3) is 4.63. The first-order valence-corrected chi connectivity index (χ1v) is 10.2. The summed E-state index contributed by atoms with van der Waals surface area (Å²) in [6.07, 6.45) is 1.72. The number of guanidine groups is 1. The van der Waals surface area contributed by atoms with Crippen molar-refractivity contribution in [2.24, 2.45) is 4.99 Å². The highest BCUT2D eigenvalue weighted by molar-refractivity contribution is 5.79. The van der Waals surface area contributed by atoms with Gasteiger partial charge in [-0.3, -0.25) is 9.56 Å². The maximum absolute atomic E-state index is 4.62. The zero-order valence-electron chi connectivity index (χ0n) is 17.9. The van der Waals surface area contributed by atoms with Gasteiger partial charge in [-0.2, -0.15) is 5.10 Å². The molecule has 0 spiro atoms. The quantitative estimate of drug-likeness (QED) is 0.374. The molecule has 0 bridgehead atoms. The normalized spacial score (nSPS) is 11.5. The van der Waals surface area contributed by atoms with Crippen LogP contribution in [0, 0.1) is 13.8 Å². The van der Waals surface area contributed by atoms with E-state index >= 15 is 0 Å². The number of benzene rings is 2. The molecule has 0 radical (unpaired) electrons. The summed E-state index contributed by atoms with van der Waals surface area (Å²) in [7, 11) is 1.75. The second kappa shape index (κ2) is 9.25. The third-order valence-corrected chi connectivity index (χ3v) is 4.97. The smallest absolute Gasteiger partial charge is 0.191 e. The Labute approximate surface area is 181 Å². The molecule has 2 heterocycles. The van der Waals surface area contributed by atoms with E-state index in [0.29, 0.717) is 19.0 Å². The molecule has 8 heteroatoms. The monoisotopic (exact) mass is 414 g/mol. The van der Waals surface area contributed by atoms with E-state index < -0.39 is 0 Å². The minimum atomic E-state index is 0.494. The summed E-state index contributed by atoms with van der Waals surface area (Å²) >= 11 is 0. The summed E-state index contributed by atoms with van der Waals surface area (Å²) in [5.74, 6) is 1.49. The molecule has 0 saturated heterocycles. The fourth-order valence-corrected chi connectivity index (χ4v) is 3.49. The van der Waals surface area contributed by atoms with Crippen molar-refractivity contribution in [2.75, 3.05) is 7.05 Å². The topological polar surface area (TPSA) is 84.9 Å². The fraction of sp³-hybridized carbons (Fsp3) is 0.217. The number of rotatable bonds is 6. The average Bonchev–Trinajstić information content (AvgIpc) is 3.40. The number of aromatic nitrogens is 5. The second-order valence-corrected chi connectivity index (χ2v) is 7.20. The molecule has 2 aromatic carbocycles. The number of nitrogens with zero attached hydrogens (tertiary/aromatic N) is 6. The lowest BCUT2D eigenvalue weighted by Crippen LogP contribution is -2.37. The van der Waals surface area contributed by atoms with Gasteiger partial charge in [0, 0.05) is 25.0 Å². The number of nitrogens with one attached hydrogen (secondary N) is 2. The molecule has 0 unspecified atom stereocenters. The Morgan fingerprint density at radius 1 is 0.968 bits per heavy atom. The molecule has 4 rings (SSSR count). The van der Waals surface area contributed by atoms with Crippen LogP contribution in [0.1, 0.15) is 22.8 Å². The van der Waals surface area contributed by atoms with E-state index in [1.807, 2.05) is 58.6 Å². The van der Waals surface area contributed by atoms with E-state index in [0.717, 1.165) is 34.2 Å². The molecule has 8 nitrogen and oxygen atoms in total. The van der Waals surface area contributed by atoms with Crippen molar-refractivity contribution >= 4 is 5.96 Å². The van der Waals surface area contributed by atoms with E-state index in [-0.39, 0.29) is 0 Å². The maximum Gasteiger partial charge on any atom is 0.191 e. The van der Waals surface area contributed by atoms with Crippen molar-refractivity contribution in [1.29, 1.82) is 0 Å². The van der Waals surface area contributed by atoms with Crippen molar-refractivity contribution in [3.05, 3.63) is 89.8 Å². The Bertz CT molecular complexity index is 1170.